The quantitative estimate of drug-likeness (QED) is 0.510. The minimum absolute atomic E-state index is 0.453. The summed E-state index contributed by atoms with van der Waals surface area (Å²) >= 11 is 0. The molecule has 0 bridgehead atoms. The van der Waals surface area contributed by atoms with E-state index in [4.69, 9.17) is 0 Å². The van der Waals surface area contributed by atoms with E-state index in [0.717, 1.165) is 25.7 Å². The molecule has 1 saturated carbocycles. The molecule has 57 valence electrons. The summed E-state index contributed by atoms with van der Waals surface area (Å²) in [5.74, 6) is 1.91. The fourth-order valence-corrected chi connectivity index (χ4v) is 1.45. The molecule has 0 spiro atoms. The van der Waals surface area contributed by atoms with Crippen LogP contribution in [0.4, 0.5) is 0 Å². The maximum absolute atomic E-state index is 11.0. The van der Waals surface area contributed by atoms with Gasteiger partial charge in [-0.05, 0) is 25.2 Å². The maximum atomic E-state index is 11.0. The largest absolute Gasteiger partial charge is 0.300 e. The molecule has 1 aliphatic rings. The van der Waals surface area contributed by atoms with Crippen LogP contribution in [0.25, 0.3) is 0 Å². The molecule has 0 N–H and O–H groups in total. The predicted molar refractivity (Wildman–Crippen MR) is 41.6 cm³/mol. The molecule has 0 unspecified atom stereocenters. The second-order valence-electron chi connectivity index (χ2n) is 3.03. The lowest BCUT2D eigenvalue weighted by atomic mass is 9.97. The number of Topliss-reactive ketones (excluding diaryl/α,β-unsaturated/α-hetero) is 1. The van der Waals surface area contributed by atoms with Gasteiger partial charge in [0.15, 0.2) is 0 Å². The van der Waals surface area contributed by atoms with Gasteiger partial charge in [0.2, 0.25) is 0 Å². The molecule has 1 radical (unpaired) electrons. The first-order chi connectivity index (χ1) is 4.83. The van der Waals surface area contributed by atoms with Crippen LogP contribution < -0.4 is 0 Å². The van der Waals surface area contributed by atoms with E-state index in [0.29, 0.717) is 5.78 Å². The zero-order chi connectivity index (χ0) is 7.40. The van der Waals surface area contributed by atoms with Crippen molar-refractivity contribution in [3.8, 4) is 0 Å². The van der Waals surface area contributed by atoms with Gasteiger partial charge in [-0.15, -0.1) is 0 Å². The van der Waals surface area contributed by atoms with Crippen LogP contribution in [0.15, 0.2) is 0 Å². The second kappa shape index (κ2) is 3.75. The summed E-state index contributed by atoms with van der Waals surface area (Å²) in [6, 6.07) is 0. The minimum Gasteiger partial charge on any atom is -0.300 e. The lowest BCUT2D eigenvalue weighted by Crippen LogP contribution is -2.01. The van der Waals surface area contributed by atoms with Gasteiger partial charge in [0.1, 0.15) is 5.78 Å². The van der Waals surface area contributed by atoms with Gasteiger partial charge in [0.25, 0.3) is 0 Å². The molecule has 10 heavy (non-hydrogen) atoms. The van der Waals surface area contributed by atoms with E-state index in [2.05, 4.69) is 6.92 Å². The summed E-state index contributed by atoms with van der Waals surface area (Å²) in [6.07, 6.45) is 6.24. The zero-order valence-corrected chi connectivity index (χ0v) is 6.65. The van der Waals surface area contributed by atoms with Crippen LogP contribution in [0.5, 0.6) is 0 Å². The fraction of sp³-hybridized carbons (Fsp3) is 0.778. The first-order valence-corrected chi connectivity index (χ1v) is 4.18. The van der Waals surface area contributed by atoms with Gasteiger partial charge in [0, 0.05) is 12.8 Å². The molecule has 1 fully saturated rings. The van der Waals surface area contributed by atoms with Gasteiger partial charge in [-0.2, -0.15) is 0 Å². The molecule has 1 heteroatoms. The van der Waals surface area contributed by atoms with Crippen molar-refractivity contribution in [2.24, 2.45) is 0 Å². The van der Waals surface area contributed by atoms with Gasteiger partial charge in [-0.25, -0.2) is 0 Å². The fourth-order valence-electron chi connectivity index (χ4n) is 1.45. The Morgan fingerprint density at radius 1 is 1.30 bits per heavy atom. The summed E-state index contributed by atoms with van der Waals surface area (Å²) in [4.78, 5) is 11.0. The highest BCUT2D eigenvalue weighted by Gasteiger charge is 2.15. The topological polar surface area (TPSA) is 17.1 Å². The lowest BCUT2D eigenvalue weighted by Gasteiger charge is -2.07. The smallest absolute Gasteiger partial charge is 0.133 e. The van der Waals surface area contributed by atoms with Crippen molar-refractivity contribution in [1.82, 2.24) is 0 Å². The number of hydrogen-bond acceptors (Lipinski definition) is 1. The summed E-state index contributed by atoms with van der Waals surface area (Å²) in [6.45, 7) is 2.15. The van der Waals surface area contributed by atoms with Gasteiger partial charge >= 0.3 is 0 Å². The Morgan fingerprint density at radius 2 is 2.00 bits per heavy atom. The number of hydrogen-bond donors (Lipinski definition) is 0. The summed E-state index contributed by atoms with van der Waals surface area (Å²) in [7, 11) is 0. The van der Waals surface area contributed by atoms with Crippen molar-refractivity contribution in [2.75, 3.05) is 0 Å². The van der Waals surface area contributed by atoms with Crippen LogP contribution in [0.1, 0.15) is 45.4 Å². The number of carbonyl (C=O) groups is 1. The molecular weight excluding hydrogens is 124 g/mol. The maximum Gasteiger partial charge on any atom is 0.133 e. The van der Waals surface area contributed by atoms with E-state index in [1.807, 2.05) is 0 Å². The van der Waals surface area contributed by atoms with E-state index >= 15 is 0 Å². The Hall–Kier alpha value is -0.330. The van der Waals surface area contributed by atoms with Gasteiger partial charge in [-0.1, -0.05) is 13.3 Å². The Morgan fingerprint density at radius 3 is 2.70 bits per heavy atom. The molecule has 0 aromatic carbocycles. The van der Waals surface area contributed by atoms with Gasteiger partial charge in [0.05, 0.1) is 0 Å². The van der Waals surface area contributed by atoms with E-state index in [1.165, 1.54) is 18.8 Å². The minimum atomic E-state index is 0.453. The first-order valence-electron chi connectivity index (χ1n) is 4.18. The third-order valence-electron chi connectivity index (χ3n) is 2.18. The van der Waals surface area contributed by atoms with Crippen molar-refractivity contribution in [3.63, 3.8) is 0 Å². The van der Waals surface area contributed by atoms with Crippen LogP contribution in [0.2, 0.25) is 0 Å². The van der Waals surface area contributed by atoms with E-state index in [-0.39, 0.29) is 0 Å². The molecule has 1 rings (SSSR count). The Kier molecular flexibility index (Phi) is 2.91. The Labute approximate surface area is 62.8 Å². The summed E-state index contributed by atoms with van der Waals surface area (Å²) < 4.78 is 0. The predicted octanol–water partition coefficient (Wildman–Crippen LogP) is 2.50. The van der Waals surface area contributed by atoms with Crippen LogP contribution >= 0.6 is 0 Å². The van der Waals surface area contributed by atoms with Gasteiger partial charge < -0.3 is 0 Å². The van der Waals surface area contributed by atoms with E-state index in [1.54, 1.807) is 0 Å². The standard InChI is InChI=1S/C9H15O/c1-2-8-5-3-4-6-9(10)7-8/h2-7H2,1H3. The highest BCUT2D eigenvalue weighted by Crippen LogP contribution is 2.24. The van der Waals surface area contributed by atoms with Crippen molar-refractivity contribution < 1.29 is 4.79 Å². The molecular formula is C9H15O. The molecule has 0 aliphatic heterocycles. The zero-order valence-electron chi connectivity index (χ0n) is 6.65. The van der Waals surface area contributed by atoms with Crippen molar-refractivity contribution in [3.05, 3.63) is 5.92 Å². The highest BCUT2D eigenvalue weighted by atomic mass is 16.1. The van der Waals surface area contributed by atoms with E-state index in [9.17, 15) is 4.79 Å². The molecule has 0 heterocycles. The van der Waals surface area contributed by atoms with Gasteiger partial charge in [-0.3, -0.25) is 4.79 Å². The van der Waals surface area contributed by atoms with Crippen molar-refractivity contribution in [2.45, 2.75) is 45.4 Å². The SMILES string of the molecule is CC[C]1CCCCC(=O)C1. The van der Waals surface area contributed by atoms with Crippen LogP contribution in [-0.2, 0) is 4.79 Å². The monoisotopic (exact) mass is 139 g/mol. The van der Waals surface area contributed by atoms with Crippen LogP contribution in [0, 0.1) is 5.92 Å². The van der Waals surface area contributed by atoms with Crippen molar-refractivity contribution >= 4 is 5.78 Å². The molecule has 0 atom stereocenters. The Bertz CT molecular complexity index is 118. The third kappa shape index (κ3) is 2.13. The normalized spacial score (nSPS) is 22.7. The first kappa shape index (κ1) is 7.77. The summed E-state index contributed by atoms with van der Waals surface area (Å²) in [5.41, 5.74) is 0. The molecule has 0 amide bonds. The lowest BCUT2D eigenvalue weighted by molar-refractivity contribution is -0.118. The second-order valence-corrected chi connectivity index (χ2v) is 3.03. The average molecular weight is 139 g/mol. The van der Waals surface area contributed by atoms with E-state index < -0.39 is 0 Å². The van der Waals surface area contributed by atoms with Crippen LogP contribution in [-0.4, -0.2) is 5.78 Å². The number of rotatable bonds is 1. The number of carbonyl (C=O) groups excluding carboxylic acids is 1. The Balaban J connectivity index is 2.38. The molecule has 0 aromatic heterocycles. The summed E-state index contributed by atoms with van der Waals surface area (Å²) in [5, 5.41) is 0. The molecule has 1 nitrogen and oxygen atoms in total. The molecule has 0 saturated heterocycles. The highest BCUT2D eigenvalue weighted by molar-refractivity contribution is 5.80. The molecule has 0 aromatic rings. The molecule has 1 aliphatic carbocycles. The third-order valence-corrected chi connectivity index (χ3v) is 2.18. The van der Waals surface area contributed by atoms with Crippen molar-refractivity contribution in [1.29, 1.82) is 0 Å². The average Bonchev–Trinajstić information content (AvgIpc) is 2.13. The number of ketones is 1. The van der Waals surface area contributed by atoms with Crippen LogP contribution in [0.3, 0.4) is 0 Å².